The van der Waals surface area contributed by atoms with Crippen molar-refractivity contribution in [1.82, 2.24) is 10.2 Å². The molecule has 0 spiro atoms. The summed E-state index contributed by atoms with van der Waals surface area (Å²) in [6, 6.07) is 0. The molecule has 0 aromatic carbocycles. The average Bonchev–Trinajstić information content (AvgIpc) is 2.72. The lowest BCUT2D eigenvalue weighted by atomic mass is 10.6. The Morgan fingerprint density at radius 1 is 1.50 bits per heavy atom. The van der Waals surface area contributed by atoms with E-state index in [0.29, 0.717) is 12.4 Å². The number of carbonyl (C=O) groups is 1. The number of carbonyl (C=O) groups excluding carboxylic acids is 1. The van der Waals surface area contributed by atoms with Gasteiger partial charge in [0.05, 0.1) is 0 Å². The summed E-state index contributed by atoms with van der Waals surface area (Å²) >= 11 is 4.78. The van der Waals surface area contributed by atoms with E-state index < -0.39 is 0 Å². The third kappa shape index (κ3) is 5.00. The smallest absolute Gasteiger partial charge is 0.330 e. The Morgan fingerprint density at radius 3 is 2.81 bits per heavy atom. The van der Waals surface area contributed by atoms with Crippen LogP contribution in [0.4, 0.5) is 0 Å². The average molecular weight is 276 g/mol. The highest BCUT2D eigenvalue weighted by molar-refractivity contribution is 8.03. The fourth-order valence-electron chi connectivity index (χ4n) is 0.767. The predicted octanol–water partition coefficient (Wildman–Crippen LogP) is 2.47. The summed E-state index contributed by atoms with van der Waals surface area (Å²) in [5.41, 5.74) is 0. The van der Waals surface area contributed by atoms with E-state index >= 15 is 0 Å². The Morgan fingerprint density at radius 2 is 2.19 bits per heavy atom. The molecule has 0 N–H and O–H groups in total. The topological polar surface area (TPSA) is 52.1 Å². The third-order valence-corrected chi connectivity index (χ3v) is 4.41. The molecule has 0 aliphatic carbocycles. The van der Waals surface area contributed by atoms with Gasteiger partial charge in [0, 0.05) is 11.8 Å². The molecule has 0 atom stereocenters. The first-order chi connectivity index (χ1) is 7.76. The van der Waals surface area contributed by atoms with Crippen molar-refractivity contribution in [1.29, 1.82) is 0 Å². The molecule has 1 aromatic heterocycles. The van der Waals surface area contributed by atoms with Crippen LogP contribution in [0.25, 0.3) is 0 Å². The Kier molecular flexibility index (Phi) is 6.51. The Bertz CT molecular complexity index is 354. The number of rotatable bonds is 7. The quantitative estimate of drug-likeness (QED) is 0.330. The van der Waals surface area contributed by atoms with Crippen molar-refractivity contribution in [2.45, 2.75) is 15.6 Å². The maximum atomic E-state index is 10.7. The van der Waals surface area contributed by atoms with Crippen molar-refractivity contribution in [2.24, 2.45) is 0 Å². The van der Waals surface area contributed by atoms with Gasteiger partial charge in [0.15, 0.2) is 8.68 Å². The molecule has 1 heterocycles. The van der Waals surface area contributed by atoms with Gasteiger partial charge < -0.3 is 4.74 Å². The lowest BCUT2D eigenvalue weighted by Crippen LogP contribution is -2.03. The molecular weight excluding hydrogens is 264 g/mol. The van der Waals surface area contributed by atoms with Crippen LogP contribution in [0.1, 0.15) is 6.92 Å². The zero-order valence-electron chi connectivity index (χ0n) is 8.84. The van der Waals surface area contributed by atoms with Gasteiger partial charge in [-0.25, -0.2) is 4.79 Å². The fourth-order valence-corrected chi connectivity index (χ4v) is 3.57. The normalized spacial score (nSPS) is 10.1. The van der Waals surface area contributed by atoms with Crippen molar-refractivity contribution in [3.63, 3.8) is 0 Å². The van der Waals surface area contributed by atoms with Crippen LogP contribution in [0.2, 0.25) is 0 Å². The second-order valence-corrected chi connectivity index (χ2v) is 6.32. The van der Waals surface area contributed by atoms with E-state index in [1.54, 1.807) is 23.1 Å². The summed E-state index contributed by atoms with van der Waals surface area (Å²) in [4.78, 5) is 10.7. The van der Waals surface area contributed by atoms with Crippen LogP contribution in [-0.4, -0.2) is 34.3 Å². The van der Waals surface area contributed by atoms with Gasteiger partial charge in [-0.05, 0) is 5.75 Å². The Hall–Kier alpha value is -0.530. The summed E-state index contributed by atoms with van der Waals surface area (Å²) in [6.45, 7) is 5.76. The molecule has 0 bridgehead atoms. The van der Waals surface area contributed by atoms with Gasteiger partial charge in [0.2, 0.25) is 0 Å². The molecule has 0 unspecified atom stereocenters. The Labute approximate surface area is 107 Å². The molecule has 0 radical (unpaired) electrons. The standard InChI is InChI=1S/C9H12N2O2S3/c1-3-7(12)13-5-6-15-9-11-10-8(16-9)14-4-2/h3H,1,4-6H2,2H3. The Balaban J connectivity index is 2.21. The monoisotopic (exact) mass is 276 g/mol. The van der Waals surface area contributed by atoms with E-state index in [1.165, 1.54) is 11.8 Å². The number of ether oxygens (including phenoxy) is 1. The molecule has 0 saturated carbocycles. The first-order valence-electron chi connectivity index (χ1n) is 4.64. The van der Waals surface area contributed by atoms with Gasteiger partial charge in [-0.15, -0.1) is 10.2 Å². The third-order valence-electron chi connectivity index (χ3n) is 1.38. The van der Waals surface area contributed by atoms with Crippen molar-refractivity contribution in [2.75, 3.05) is 18.1 Å². The van der Waals surface area contributed by atoms with Crippen molar-refractivity contribution < 1.29 is 9.53 Å². The SMILES string of the molecule is C=CC(=O)OCCSc1nnc(SCC)s1. The molecule has 4 nitrogen and oxygen atoms in total. The van der Waals surface area contributed by atoms with Crippen LogP contribution < -0.4 is 0 Å². The van der Waals surface area contributed by atoms with E-state index in [9.17, 15) is 4.79 Å². The molecule has 7 heteroatoms. The van der Waals surface area contributed by atoms with Crippen LogP contribution >= 0.6 is 34.9 Å². The molecule has 0 saturated heterocycles. The minimum atomic E-state index is -0.389. The molecule has 16 heavy (non-hydrogen) atoms. The van der Waals surface area contributed by atoms with Crippen LogP contribution in [0, 0.1) is 0 Å². The maximum Gasteiger partial charge on any atom is 0.330 e. The van der Waals surface area contributed by atoms with Crippen LogP contribution in [-0.2, 0) is 9.53 Å². The van der Waals surface area contributed by atoms with Crippen LogP contribution in [0.5, 0.6) is 0 Å². The van der Waals surface area contributed by atoms with Gasteiger partial charge in [-0.2, -0.15) is 0 Å². The minimum Gasteiger partial charge on any atom is -0.462 e. The van der Waals surface area contributed by atoms with Gasteiger partial charge in [0.25, 0.3) is 0 Å². The van der Waals surface area contributed by atoms with E-state index in [0.717, 1.165) is 20.5 Å². The molecule has 0 amide bonds. The number of esters is 1. The molecular formula is C9H12N2O2S3. The van der Waals surface area contributed by atoms with E-state index in [2.05, 4.69) is 23.7 Å². The van der Waals surface area contributed by atoms with Gasteiger partial charge >= 0.3 is 5.97 Å². The summed E-state index contributed by atoms with van der Waals surface area (Å²) < 4.78 is 6.73. The molecule has 0 aliphatic rings. The second-order valence-electron chi connectivity index (χ2n) is 2.49. The lowest BCUT2D eigenvalue weighted by molar-refractivity contribution is -0.137. The van der Waals surface area contributed by atoms with Crippen molar-refractivity contribution in [3.8, 4) is 0 Å². The van der Waals surface area contributed by atoms with Crippen molar-refractivity contribution >= 4 is 40.8 Å². The number of nitrogens with zero attached hydrogens (tertiary/aromatic N) is 2. The molecule has 0 aliphatic heterocycles. The highest BCUT2D eigenvalue weighted by Crippen LogP contribution is 2.28. The van der Waals surface area contributed by atoms with Gasteiger partial charge in [-0.1, -0.05) is 48.4 Å². The maximum absolute atomic E-state index is 10.7. The van der Waals surface area contributed by atoms with Gasteiger partial charge in [0.1, 0.15) is 6.61 Å². The molecule has 1 rings (SSSR count). The summed E-state index contributed by atoms with van der Waals surface area (Å²) in [5, 5.41) is 8.04. The fraction of sp³-hybridized carbons (Fsp3) is 0.444. The first kappa shape index (κ1) is 13.5. The zero-order chi connectivity index (χ0) is 11.8. The second kappa shape index (κ2) is 7.70. The molecule has 0 fully saturated rings. The minimum absolute atomic E-state index is 0.366. The largest absolute Gasteiger partial charge is 0.462 e. The zero-order valence-corrected chi connectivity index (χ0v) is 11.3. The van der Waals surface area contributed by atoms with E-state index in [-0.39, 0.29) is 5.97 Å². The summed E-state index contributed by atoms with van der Waals surface area (Å²) in [5.74, 6) is 1.29. The molecule has 88 valence electrons. The number of thioether (sulfide) groups is 2. The van der Waals surface area contributed by atoms with E-state index in [4.69, 9.17) is 4.74 Å². The summed E-state index contributed by atoms with van der Waals surface area (Å²) in [7, 11) is 0. The van der Waals surface area contributed by atoms with Crippen LogP contribution in [0.15, 0.2) is 21.3 Å². The highest BCUT2D eigenvalue weighted by atomic mass is 32.2. The van der Waals surface area contributed by atoms with E-state index in [1.807, 2.05) is 0 Å². The lowest BCUT2D eigenvalue weighted by Gasteiger charge is -1.98. The number of aromatic nitrogens is 2. The predicted molar refractivity (Wildman–Crippen MR) is 68.2 cm³/mol. The first-order valence-corrected chi connectivity index (χ1v) is 7.43. The number of hydrogen-bond donors (Lipinski definition) is 0. The highest BCUT2D eigenvalue weighted by Gasteiger charge is 2.04. The molecule has 1 aromatic rings. The van der Waals surface area contributed by atoms with Gasteiger partial charge in [-0.3, -0.25) is 0 Å². The van der Waals surface area contributed by atoms with Crippen molar-refractivity contribution in [3.05, 3.63) is 12.7 Å². The summed E-state index contributed by atoms with van der Waals surface area (Å²) in [6.07, 6.45) is 1.16. The van der Waals surface area contributed by atoms with Crippen LogP contribution in [0.3, 0.4) is 0 Å². The number of hydrogen-bond acceptors (Lipinski definition) is 7.